The Balaban J connectivity index is 1.88. The van der Waals surface area contributed by atoms with E-state index < -0.39 is 17.2 Å². The van der Waals surface area contributed by atoms with Crippen molar-refractivity contribution in [3.8, 4) is 0 Å². The van der Waals surface area contributed by atoms with Gasteiger partial charge in [0, 0.05) is 4.88 Å². The summed E-state index contributed by atoms with van der Waals surface area (Å²) in [4.78, 5) is 33.7. The van der Waals surface area contributed by atoms with Crippen molar-refractivity contribution in [3.05, 3.63) is 10.4 Å². The lowest BCUT2D eigenvalue weighted by Gasteiger charge is -2.09. The second-order valence-electron chi connectivity index (χ2n) is 5.75. The third-order valence-corrected chi connectivity index (χ3v) is 6.12. The minimum Gasteiger partial charge on any atom is -0.383 e. The second-order valence-corrected chi connectivity index (χ2v) is 8.14. The molecule has 9 heteroatoms. The SMILES string of the molecule is C[C@@H](Sc1nc(N)c2c3c(sc2n1)CCCCC3)C(=O)NC(N)=O. The van der Waals surface area contributed by atoms with Crippen LogP contribution in [0.2, 0.25) is 0 Å². The third kappa shape index (κ3) is 3.46. The lowest BCUT2D eigenvalue weighted by atomic mass is 10.1. The number of hydrogen-bond acceptors (Lipinski definition) is 7. The van der Waals surface area contributed by atoms with Gasteiger partial charge < -0.3 is 11.5 Å². The van der Waals surface area contributed by atoms with Gasteiger partial charge in [-0.1, -0.05) is 18.2 Å². The van der Waals surface area contributed by atoms with Gasteiger partial charge in [-0.3, -0.25) is 10.1 Å². The molecule has 7 nitrogen and oxygen atoms in total. The molecule has 2 heterocycles. The van der Waals surface area contributed by atoms with Crippen molar-refractivity contribution in [2.75, 3.05) is 5.73 Å². The molecule has 0 spiro atoms. The predicted molar refractivity (Wildman–Crippen MR) is 96.1 cm³/mol. The molecule has 128 valence electrons. The number of nitrogens with zero attached hydrogens (tertiary/aromatic N) is 2. The van der Waals surface area contributed by atoms with Crippen LogP contribution >= 0.6 is 23.1 Å². The number of urea groups is 1. The van der Waals surface area contributed by atoms with E-state index in [1.54, 1.807) is 18.3 Å². The van der Waals surface area contributed by atoms with E-state index in [0.717, 1.165) is 34.8 Å². The quantitative estimate of drug-likeness (QED) is 0.435. The first-order valence-corrected chi connectivity index (χ1v) is 9.50. The number of nitrogens with one attached hydrogen (secondary N) is 1. The topological polar surface area (TPSA) is 124 Å². The van der Waals surface area contributed by atoms with E-state index in [1.165, 1.54) is 29.7 Å². The molecule has 0 fully saturated rings. The molecule has 0 aliphatic heterocycles. The van der Waals surface area contributed by atoms with Crippen LogP contribution in [0.1, 0.15) is 36.6 Å². The van der Waals surface area contributed by atoms with Gasteiger partial charge in [0.1, 0.15) is 10.6 Å². The van der Waals surface area contributed by atoms with Crippen LogP contribution < -0.4 is 16.8 Å². The number of anilines is 1. The normalized spacial score (nSPS) is 15.5. The maximum Gasteiger partial charge on any atom is 0.318 e. The van der Waals surface area contributed by atoms with Crippen molar-refractivity contribution in [1.82, 2.24) is 15.3 Å². The highest BCUT2D eigenvalue weighted by molar-refractivity contribution is 8.00. The van der Waals surface area contributed by atoms with Gasteiger partial charge in [0.05, 0.1) is 10.6 Å². The Morgan fingerprint density at radius 1 is 1.25 bits per heavy atom. The first-order valence-electron chi connectivity index (χ1n) is 7.80. The molecule has 2 aromatic rings. The average Bonchev–Trinajstić information content (AvgIpc) is 2.69. The van der Waals surface area contributed by atoms with Gasteiger partial charge in [0.15, 0.2) is 5.16 Å². The number of thiophene rings is 1. The minimum atomic E-state index is -0.870. The zero-order valence-electron chi connectivity index (χ0n) is 13.3. The number of carbonyl (C=O) groups is 2. The number of rotatable bonds is 3. The average molecular weight is 365 g/mol. The maximum absolute atomic E-state index is 11.8. The summed E-state index contributed by atoms with van der Waals surface area (Å²) in [6, 6.07) is -0.870. The lowest BCUT2D eigenvalue weighted by Crippen LogP contribution is -2.39. The fourth-order valence-corrected chi connectivity index (χ4v) is 4.93. The van der Waals surface area contributed by atoms with Crippen LogP contribution in [0.25, 0.3) is 10.2 Å². The van der Waals surface area contributed by atoms with Crippen LogP contribution in [0, 0.1) is 0 Å². The highest BCUT2D eigenvalue weighted by Crippen LogP contribution is 2.38. The Morgan fingerprint density at radius 3 is 2.75 bits per heavy atom. The van der Waals surface area contributed by atoms with Crippen molar-refractivity contribution in [3.63, 3.8) is 0 Å². The minimum absolute atomic E-state index is 0.434. The Labute approximate surface area is 147 Å². The standard InChI is InChI=1S/C15H19N5O2S2/c1-7(12(21)19-14(17)22)23-15-18-11(16)10-8-5-3-2-4-6-9(8)24-13(10)20-15/h7H,2-6H2,1H3,(H2,16,18,20)(H3,17,19,21,22)/t7-/m1/s1. The summed E-state index contributed by atoms with van der Waals surface area (Å²) in [6.07, 6.45) is 5.69. The highest BCUT2D eigenvalue weighted by Gasteiger charge is 2.22. The first kappa shape index (κ1) is 17.0. The van der Waals surface area contributed by atoms with Crippen molar-refractivity contribution < 1.29 is 9.59 Å². The Kier molecular flexibility index (Phi) is 4.91. The molecule has 0 unspecified atom stereocenters. The first-order chi connectivity index (χ1) is 11.5. The summed E-state index contributed by atoms with van der Waals surface area (Å²) in [5.74, 6) is -0.0128. The number of aryl methyl sites for hydroxylation is 2. The molecule has 1 atom stereocenters. The summed E-state index contributed by atoms with van der Waals surface area (Å²) in [5.41, 5.74) is 12.4. The van der Waals surface area contributed by atoms with Gasteiger partial charge in [-0.25, -0.2) is 14.8 Å². The Morgan fingerprint density at radius 2 is 2.00 bits per heavy atom. The van der Waals surface area contributed by atoms with E-state index in [1.807, 2.05) is 0 Å². The molecule has 5 N–H and O–H groups in total. The summed E-state index contributed by atoms with van der Waals surface area (Å²) < 4.78 is 0. The van der Waals surface area contributed by atoms with Crippen molar-refractivity contribution in [2.45, 2.75) is 49.4 Å². The molecule has 24 heavy (non-hydrogen) atoms. The lowest BCUT2D eigenvalue weighted by molar-refractivity contribution is -0.119. The molecular formula is C15H19N5O2S2. The molecule has 0 aromatic carbocycles. The molecular weight excluding hydrogens is 346 g/mol. The van der Waals surface area contributed by atoms with Gasteiger partial charge in [-0.15, -0.1) is 11.3 Å². The fourth-order valence-electron chi connectivity index (χ4n) is 2.83. The second kappa shape index (κ2) is 6.94. The summed E-state index contributed by atoms with van der Waals surface area (Å²) in [7, 11) is 0. The number of fused-ring (bicyclic) bond motifs is 3. The van der Waals surface area contributed by atoms with Gasteiger partial charge in [-0.2, -0.15) is 0 Å². The molecule has 1 aliphatic carbocycles. The van der Waals surface area contributed by atoms with Crippen LogP contribution in [-0.2, 0) is 17.6 Å². The number of hydrogen-bond donors (Lipinski definition) is 3. The zero-order valence-corrected chi connectivity index (χ0v) is 14.9. The van der Waals surface area contributed by atoms with Crippen molar-refractivity contribution in [1.29, 1.82) is 0 Å². The van der Waals surface area contributed by atoms with E-state index in [9.17, 15) is 9.59 Å². The number of primary amides is 1. The predicted octanol–water partition coefficient (Wildman–Crippen LogP) is 2.22. The van der Waals surface area contributed by atoms with Crippen molar-refractivity contribution in [2.24, 2.45) is 5.73 Å². The molecule has 0 radical (unpaired) electrons. The zero-order chi connectivity index (χ0) is 17.3. The largest absolute Gasteiger partial charge is 0.383 e. The highest BCUT2D eigenvalue weighted by atomic mass is 32.2. The summed E-state index contributed by atoms with van der Waals surface area (Å²) in [6.45, 7) is 1.66. The number of aromatic nitrogens is 2. The molecule has 0 saturated heterocycles. The third-order valence-electron chi connectivity index (χ3n) is 3.97. The van der Waals surface area contributed by atoms with Crippen LogP contribution in [0.3, 0.4) is 0 Å². The fraction of sp³-hybridized carbons (Fsp3) is 0.467. The van der Waals surface area contributed by atoms with Crippen molar-refractivity contribution >= 4 is 51.1 Å². The molecule has 0 saturated carbocycles. The molecule has 1 aliphatic rings. The summed E-state index contributed by atoms with van der Waals surface area (Å²) >= 11 is 2.83. The molecule has 0 bridgehead atoms. The molecule has 3 amide bonds. The van der Waals surface area contributed by atoms with Gasteiger partial charge >= 0.3 is 6.03 Å². The van der Waals surface area contributed by atoms with Gasteiger partial charge in [0.2, 0.25) is 5.91 Å². The van der Waals surface area contributed by atoms with Crippen LogP contribution in [-0.4, -0.2) is 27.2 Å². The van der Waals surface area contributed by atoms with E-state index in [4.69, 9.17) is 11.5 Å². The molecule has 3 rings (SSSR count). The van der Waals surface area contributed by atoms with E-state index >= 15 is 0 Å². The van der Waals surface area contributed by atoms with Crippen LogP contribution in [0.5, 0.6) is 0 Å². The number of nitrogen functional groups attached to an aromatic ring is 1. The summed E-state index contributed by atoms with van der Waals surface area (Å²) in [5, 5.41) is 2.91. The number of carbonyl (C=O) groups excluding carboxylic acids is 2. The van der Waals surface area contributed by atoms with Gasteiger partial charge in [-0.05, 0) is 38.2 Å². The van der Waals surface area contributed by atoms with Crippen LogP contribution in [0.4, 0.5) is 10.6 Å². The van der Waals surface area contributed by atoms with E-state index in [-0.39, 0.29) is 0 Å². The van der Waals surface area contributed by atoms with Crippen LogP contribution in [0.15, 0.2) is 5.16 Å². The van der Waals surface area contributed by atoms with Gasteiger partial charge in [0.25, 0.3) is 0 Å². The molecule has 2 aromatic heterocycles. The number of nitrogens with two attached hydrogens (primary N) is 2. The van der Waals surface area contributed by atoms with E-state index in [0.29, 0.717) is 11.0 Å². The monoisotopic (exact) mass is 365 g/mol. The Hall–Kier alpha value is -1.87. The number of thioether (sulfide) groups is 1. The number of imide groups is 1. The Bertz CT molecular complexity index is 805. The van der Waals surface area contributed by atoms with E-state index in [2.05, 4.69) is 15.3 Å². The number of amides is 3. The smallest absolute Gasteiger partial charge is 0.318 e. The maximum atomic E-state index is 11.8.